The number of hydrogen-bond acceptors (Lipinski definition) is 4. The molecule has 33 heavy (non-hydrogen) atoms. The summed E-state index contributed by atoms with van der Waals surface area (Å²) in [4.78, 5) is 7.24. The van der Waals surface area contributed by atoms with Gasteiger partial charge in [-0.2, -0.15) is 0 Å². The molecule has 1 fully saturated rings. The van der Waals surface area contributed by atoms with Gasteiger partial charge in [0.15, 0.2) is 5.96 Å². The van der Waals surface area contributed by atoms with Crippen molar-refractivity contribution in [3.63, 3.8) is 0 Å². The standard InChI is InChI=1S/C26H37N3O3.HI/c1-3-27-26(29-15-13-24(14-16-29)31-18-8-17-30-2)28-20-23-11-7-12-25(19-23)32-21-22-9-5-4-6-10-22;/h4-7,9-12,19,24H,3,8,13-18,20-21H2,1-2H3,(H,27,28);1H. The fraction of sp³-hybridized carbons (Fsp3) is 0.500. The van der Waals surface area contributed by atoms with Gasteiger partial charge >= 0.3 is 0 Å². The Morgan fingerprint density at radius 3 is 2.52 bits per heavy atom. The van der Waals surface area contributed by atoms with Crippen LogP contribution in [0.5, 0.6) is 5.75 Å². The molecule has 0 aliphatic carbocycles. The predicted octanol–water partition coefficient (Wildman–Crippen LogP) is 4.87. The molecular formula is C26H38IN3O3. The number of likely N-dealkylation sites (tertiary alicyclic amines) is 1. The maximum absolute atomic E-state index is 5.99. The number of nitrogens with one attached hydrogen (secondary N) is 1. The van der Waals surface area contributed by atoms with Crippen LogP contribution in [0.2, 0.25) is 0 Å². The van der Waals surface area contributed by atoms with Gasteiger partial charge in [0, 0.05) is 40.0 Å². The first-order valence-electron chi connectivity index (χ1n) is 11.7. The van der Waals surface area contributed by atoms with Crippen molar-refractivity contribution in [2.45, 2.75) is 45.4 Å². The minimum absolute atomic E-state index is 0. The van der Waals surface area contributed by atoms with E-state index in [0.29, 0.717) is 19.3 Å². The predicted molar refractivity (Wildman–Crippen MR) is 144 cm³/mol. The Bertz CT molecular complexity index is 811. The summed E-state index contributed by atoms with van der Waals surface area (Å²) < 4.78 is 17.0. The lowest BCUT2D eigenvalue weighted by Gasteiger charge is -2.34. The summed E-state index contributed by atoms with van der Waals surface area (Å²) in [5.41, 5.74) is 2.30. The van der Waals surface area contributed by atoms with Crippen LogP contribution in [0.3, 0.4) is 0 Å². The number of methoxy groups -OCH3 is 1. The molecule has 2 aromatic carbocycles. The molecule has 1 saturated heterocycles. The molecule has 6 nitrogen and oxygen atoms in total. The molecule has 1 N–H and O–H groups in total. The van der Waals surface area contributed by atoms with Crippen LogP contribution in [-0.2, 0) is 22.6 Å². The Balaban J connectivity index is 0.00000385. The molecule has 0 saturated carbocycles. The summed E-state index contributed by atoms with van der Waals surface area (Å²) in [6.07, 6.45) is 3.35. The average Bonchev–Trinajstić information content (AvgIpc) is 2.84. The van der Waals surface area contributed by atoms with Gasteiger partial charge in [0.25, 0.3) is 0 Å². The highest BCUT2D eigenvalue weighted by atomic mass is 127. The van der Waals surface area contributed by atoms with Crippen molar-refractivity contribution in [3.8, 4) is 5.75 Å². The van der Waals surface area contributed by atoms with Crippen LogP contribution in [0.4, 0.5) is 0 Å². The Morgan fingerprint density at radius 1 is 1.03 bits per heavy atom. The van der Waals surface area contributed by atoms with E-state index in [0.717, 1.165) is 74.9 Å². The zero-order valence-corrected chi connectivity index (χ0v) is 22.2. The van der Waals surface area contributed by atoms with Gasteiger partial charge in [0.1, 0.15) is 12.4 Å². The molecule has 0 bridgehead atoms. The summed E-state index contributed by atoms with van der Waals surface area (Å²) in [5.74, 6) is 1.85. The summed E-state index contributed by atoms with van der Waals surface area (Å²) in [7, 11) is 1.73. The number of aliphatic imine (C=N–C) groups is 1. The topological polar surface area (TPSA) is 55.3 Å². The van der Waals surface area contributed by atoms with Gasteiger partial charge in [-0.15, -0.1) is 24.0 Å². The molecule has 2 aromatic rings. The van der Waals surface area contributed by atoms with Crippen LogP contribution in [0.25, 0.3) is 0 Å². The maximum Gasteiger partial charge on any atom is 0.194 e. The quantitative estimate of drug-likeness (QED) is 0.182. The first-order valence-corrected chi connectivity index (χ1v) is 11.7. The highest BCUT2D eigenvalue weighted by molar-refractivity contribution is 14.0. The van der Waals surface area contributed by atoms with Gasteiger partial charge in [0.05, 0.1) is 12.6 Å². The van der Waals surface area contributed by atoms with Crippen molar-refractivity contribution in [1.29, 1.82) is 0 Å². The summed E-state index contributed by atoms with van der Waals surface area (Å²) in [6, 6.07) is 18.4. The Labute approximate surface area is 215 Å². The highest BCUT2D eigenvalue weighted by Crippen LogP contribution is 2.17. The molecule has 0 radical (unpaired) electrons. The molecule has 182 valence electrons. The van der Waals surface area contributed by atoms with E-state index in [4.69, 9.17) is 19.2 Å². The van der Waals surface area contributed by atoms with Gasteiger partial charge in [-0.1, -0.05) is 42.5 Å². The Hall–Kier alpha value is -1.84. The number of ether oxygens (including phenoxy) is 3. The first-order chi connectivity index (χ1) is 15.8. The zero-order chi connectivity index (χ0) is 22.4. The lowest BCUT2D eigenvalue weighted by atomic mass is 10.1. The van der Waals surface area contributed by atoms with Crippen LogP contribution in [-0.4, -0.2) is 56.9 Å². The normalized spacial score (nSPS) is 14.6. The second-order valence-electron chi connectivity index (χ2n) is 8.00. The van der Waals surface area contributed by atoms with Crippen LogP contribution < -0.4 is 10.1 Å². The maximum atomic E-state index is 5.99. The molecule has 0 atom stereocenters. The van der Waals surface area contributed by atoms with Crippen LogP contribution in [0, 0.1) is 0 Å². The number of rotatable bonds is 11. The van der Waals surface area contributed by atoms with Gasteiger partial charge < -0.3 is 24.4 Å². The molecule has 1 heterocycles. The van der Waals surface area contributed by atoms with Crippen molar-refractivity contribution < 1.29 is 14.2 Å². The van der Waals surface area contributed by atoms with E-state index in [2.05, 4.69) is 41.4 Å². The van der Waals surface area contributed by atoms with E-state index in [1.807, 2.05) is 30.3 Å². The second kappa shape index (κ2) is 15.9. The van der Waals surface area contributed by atoms with Crippen molar-refractivity contribution in [2.24, 2.45) is 4.99 Å². The third-order valence-corrected chi connectivity index (χ3v) is 5.48. The summed E-state index contributed by atoms with van der Waals surface area (Å²) >= 11 is 0. The van der Waals surface area contributed by atoms with Gasteiger partial charge in [-0.25, -0.2) is 4.99 Å². The highest BCUT2D eigenvalue weighted by Gasteiger charge is 2.21. The number of piperidine rings is 1. The third kappa shape index (κ3) is 9.90. The van der Waals surface area contributed by atoms with E-state index >= 15 is 0 Å². The molecule has 1 aliphatic rings. The Morgan fingerprint density at radius 2 is 1.79 bits per heavy atom. The number of halogens is 1. The van der Waals surface area contributed by atoms with Crippen molar-refractivity contribution in [1.82, 2.24) is 10.2 Å². The number of hydrogen-bond donors (Lipinski definition) is 1. The minimum Gasteiger partial charge on any atom is -0.489 e. The molecule has 7 heteroatoms. The van der Waals surface area contributed by atoms with Crippen LogP contribution in [0.1, 0.15) is 37.3 Å². The number of nitrogens with zero attached hydrogens (tertiary/aromatic N) is 2. The molecule has 0 spiro atoms. The van der Waals surface area contributed by atoms with E-state index in [-0.39, 0.29) is 24.0 Å². The van der Waals surface area contributed by atoms with E-state index in [9.17, 15) is 0 Å². The van der Waals surface area contributed by atoms with E-state index < -0.39 is 0 Å². The van der Waals surface area contributed by atoms with Gasteiger partial charge in [-0.3, -0.25) is 0 Å². The number of guanidine groups is 1. The average molecular weight is 568 g/mol. The first kappa shape index (κ1) is 27.4. The van der Waals surface area contributed by atoms with Crippen LogP contribution >= 0.6 is 24.0 Å². The summed E-state index contributed by atoms with van der Waals surface area (Å²) in [5, 5.41) is 3.45. The summed E-state index contributed by atoms with van der Waals surface area (Å²) in [6.45, 7) is 7.61. The molecule has 0 unspecified atom stereocenters. The van der Waals surface area contributed by atoms with Crippen molar-refractivity contribution in [3.05, 3.63) is 65.7 Å². The molecule has 1 aliphatic heterocycles. The smallest absolute Gasteiger partial charge is 0.194 e. The van der Waals surface area contributed by atoms with Gasteiger partial charge in [-0.05, 0) is 49.4 Å². The molecular weight excluding hydrogens is 529 g/mol. The second-order valence-corrected chi connectivity index (χ2v) is 8.00. The van der Waals surface area contributed by atoms with E-state index in [1.54, 1.807) is 7.11 Å². The monoisotopic (exact) mass is 567 g/mol. The van der Waals surface area contributed by atoms with E-state index in [1.165, 1.54) is 0 Å². The lowest BCUT2D eigenvalue weighted by molar-refractivity contribution is 0.00990. The van der Waals surface area contributed by atoms with Gasteiger partial charge in [0.2, 0.25) is 0 Å². The number of benzene rings is 2. The molecule has 0 aromatic heterocycles. The largest absolute Gasteiger partial charge is 0.489 e. The lowest BCUT2D eigenvalue weighted by Crippen LogP contribution is -2.47. The van der Waals surface area contributed by atoms with Crippen molar-refractivity contribution >= 4 is 29.9 Å². The fourth-order valence-electron chi connectivity index (χ4n) is 3.75. The molecule has 0 amide bonds. The van der Waals surface area contributed by atoms with Crippen LogP contribution in [0.15, 0.2) is 59.6 Å². The third-order valence-electron chi connectivity index (χ3n) is 5.48. The zero-order valence-electron chi connectivity index (χ0n) is 19.9. The fourth-order valence-corrected chi connectivity index (χ4v) is 3.75. The minimum atomic E-state index is 0. The molecule has 3 rings (SSSR count). The van der Waals surface area contributed by atoms with Crippen molar-refractivity contribution in [2.75, 3.05) is 40.0 Å². The Kier molecular flexibility index (Phi) is 13.2. The SMILES string of the molecule is CCNC(=NCc1cccc(OCc2ccccc2)c1)N1CCC(OCCCOC)CC1.I.